The second-order valence-corrected chi connectivity index (χ2v) is 12.7. The summed E-state index contributed by atoms with van der Waals surface area (Å²) >= 11 is 0. The Bertz CT molecular complexity index is 1580. The fourth-order valence-corrected chi connectivity index (χ4v) is 7.38. The average Bonchev–Trinajstić information content (AvgIpc) is 2.93. The Morgan fingerprint density at radius 3 is 2.33 bits per heavy atom. The lowest BCUT2D eigenvalue weighted by molar-refractivity contribution is -0.155. The second-order valence-electron chi connectivity index (χ2n) is 12.7. The Kier molecular flexibility index (Phi) is 7.67. The number of Topliss-reactive ketones (excluding diaryl/α,β-unsaturated/α-hetero) is 2. The molecule has 43 heavy (non-hydrogen) atoms. The van der Waals surface area contributed by atoms with Gasteiger partial charge in [-0.1, -0.05) is 51.5 Å². The number of amides is 1. The van der Waals surface area contributed by atoms with E-state index in [0.29, 0.717) is 11.1 Å². The number of rotatable bonds is 7. The van der Waals surface area contributed by atoms with Crippen LogP contribution in [0, 0.1) is 23.7 Å². The van der Waals surface area contributed by atoms with Gasteiger partial charge in [-0.15, -0.1) is 0 Å². The highest BCUT2D eigenvalue weighted by Gasteiger charge is 2.64. The predicted molar refractivity (Wildman–Crippen MR) is 163 cm³/mol. The number of fused-ring (bicyclic) bond motifs is 3. The highest BCUT2D eigenvalue weighted by Crippen LogP contribution is 2.56. The Balaban J connectivity index is 1.71. The van der Waals surface area contributed by atoms with E-state index in [9.17, 15) is 34.8 Å². The Morgan fingerprint density at radius 1 is 1.12 bits per heavy atom. The van der Waals surface area contributed by atoms with Crippen LogP contribution in [0.2, 0.25) is 0 Å². The van der Waals surface area contributed by atoms with Crippen molar-refractivity contribution >= 4 is 28.9 Å². The number of nitrogens with two attached hydrogens (primary N) is 1. The zero-order chi connectivity index (χ0) is 31.5. The van der Waals surface area contributed by atoms with E-state index in [0.717, 1.165) is 30.5 Å². The first-order valence-corrected chi connectivity index (χ1v) is 14.9. The van der Waals surface area contributed by atoms with Crippen LogP contribution in [0.1, 0.15) is 56.7 Å². The number of anilines is 1. The first-order valence-electron chi connectivity index (χ1n) is 14.9. The maximum absolute atomic E-state index is 14.2. The minimum absolute atomic E-state index is 0.0837. The van der Waals surface area contributed by atoms with Crippen molar-refractivity contribution in [2.75, 3.05) is 19.0 Å². The number of ketones is 2. The van der Waals surface area contributed by atoms with E-state index in [2.05, 4.69) is 6.92 Å². The Labute approximate surface area is 251 Å². The molecule has 3 aliphatic carbocycles. The normalized spacial score (nSPS) is 25.0. The highest BCUT2D eigenvalue weighted by atomic mass is 16.3. The number of carbonyl (C=O) groups excluding carboxylic acids is 3. The van der Waals surface area contributed by atoms with E-state index in [-0.39, 0.29) is 35.6 Å². The zero-order valence-corrected chi connectivity index (χ0v) is 25.3. The molecule has 5 rings (SSSR count). The third-order valence-corrected chi connectivity index (χ3v) is 9.51. The molecular formula is C34H40N2O7. The fraction of sp³-hybridized carbons (Fsp3) is 0.441. The van der Waals surface area contributed by atoms with Crippen LogP contribution in [0.15, 0.2) is 47.2 Å². The van der Waals surface area contributed by atoms with Gasteiger partial charge in [-0.2, -0.15) is 0 Å². The molecule has 3 aliphatic rings. The van der Waals surface area contributed by atoms with Gasteiger partial charge in [-0.05, 0) is 60.3 Å². The fourth-order valence-electron chi connectivity index (χ4n) is 7.38. The summed E-state index contributed by atoms with van der Waals surface area (Å²) in [5, 5.41) is 46.3. The van der Waals surface area contributed by atoms with Gasteiger partial charge >= 0.3 is 0 Å². The molecule has 0 saturated heterocycles. The van der Waals surface area contributed by atoms with Crippen LogP contribution in [-0.2, 0) is 27.2 Å². The van der Waals surface area contributed by atoms with Crippen molar-refractivity contribution in [1.29, 1.82) is 0 Å². The third-order valence-electron chi connectivity index (χ3n) is 9.51. The summed E-state index contributed by atoms with van der Waals surface area (Å²) in [6.07, 6.45) is 3.42. The summed E-state index contributed by atoms with van der Waals surface area (Å²) in [5.41, 5.74) is 5.71. The summed E-state index contributed by atoms with van der Waals surface area (Å²) in [7, 11) is 3.71. The number of carbonyl (C=O) groups is 3. The van der Waals surface area contributed by atoms with Gasteiger partial charge in [-0.25, -0.2) is 0 Å². The molecule has 9 heteroatoms. The van der Waals surface area contributed by atoms with E-state index >= 15 is 0 Å². The van der Waals surface area contributed by atoms with E-state index in [1.807, 2.05) is 49.3 Å². The van der Waals surface area contributed by atoms with Crippen LogP contribution in [0.5, 0.6) is 5.75 Å². The highest BCUT2D eigenvalue weighted by molar-refractivity contribution is 6.23. The molecule has 228 valence electrons. The van der Waals surface area contributed by atoms with Crippen LogP contribution in [0.3, 0.4) is 0 Å². The number of aromatic hydroxyl groups is 1. The topological polar surface area (TPSA) is 161 Å². The number of aliphatic hydroxyl groups excluding tert-OH is 2. The summed E-state index contributed by atoms with van der Waals surface area (Å²) in [5.74, 6) is -7.69. The maximum atomic E-state index is 14.2. The molecule has 0 aromatic heterocycles. The van der Waals surface area contributed by atoms with Crippen molar-refractivity contribution in [2.45, 2.75) is 58.5 Å². The lowest BCUT2D eigenvalue weighted by atomic mass is 9.54. The van der Waals surface area contributed by atoms with Gasteiger partial charge < -0.3 is 31.1 Å². The largest absolute Gasteiger partial charge is 0.508 e. The molecule has 6 N–H and O–H groups in total. The molecule has 0 unspecified atom stereocenters. The molecule has 0 bridgehead atoms. The summed E-state index contributed by atoms with van der Waals surface area (Å²) in [6.45, 7) is 5.62. The number of hydrogen-bond acceptors (Lipinski definition) is 8. The number of aryl methyl sites for hydroxylation is 1. The third kappa shape index (κ3) is 4.52. The lowest BCUT2D eigenvalue weighted by Gasteiger charge is -2.50. The van der Waals surface area contributed by atoms with Gasteiger partial charge in [0.15, 0.2) is 11.4 Å². The van der Waals surface area contributed by atoms with E-state index in [1.54, 1.807) is 13.8 Å². The van der Waals surface area contributed by atoms with E-state index < -0.39 is 57.9 Å². The average molecular weight is 589 g/mol. The van der Waals surface area contributed by atoms with Gasteiger partial charge in [0, 0.05) is 42.8 Å². The molecule has 1 saturated carbocycles. The SMILES string of the molecule is CCCCc1ccc(-c2cc(N(C)C)c3c(c2O)C(O)=C2C(=O)[C@]4(O)C(O)=C(C(N)=O)C(=O)[C@@H](C(C)C)[C@@H]4C[C@@H]2C3)cc1. The van der Waals surface area contributed by atoms with Gasteiger partial charge in [0.2, 0.25) is 5.78 Å². The molecule has 2 aromatic carbocycles. The second kappa shape index (κ2) is 10.9. The van der Waals surface area contributed by atoms with Crippen LogP contribution >= 0.6 is 0 Å². The molecule has 0 heterocycles. The number of phenols is 1. The number of phenolic OH excluding ortho intramolecular Hbond substituents is 1. The van der Waals surface area contributed by atoms with Crippen molar-refractivity contribution in [3.8, 4) is 16.9 Å². The smallest absolute Gasteiger partial charge is 0.255 e. The number of benzene rings is 2. The lowest BCUT2D eigenvalue weighted by Crippen LogP contribution is -2.62. The Hall–Kier alpha value is -4.11. The molecule has 4 atom stereocenters. The molecule has 2 aromatic rings. The number of nitrogens with zero attached hydrogens (tertiary/aromatic N) is 1. The first kappa shape index (κ1) is 30.4. The van der Waals surface area contributed by atoms with E-state index in [4.69, 9.17) is 5.73 Å². The summed E-state index contributed by atoms with van der Waals surface area (Å²) < 4.78 is 0. The van der Waals surface area contributed by atoms with Crippen molar-refractivity contribution in [3.63, 3.8) is 0 Å². The van der Waals surface area contributed by atoms with E-state index in [1.165, 1.54) is 5.56 Å². The molecule has 1 fully saturated rings. The number of hydrogen-bond donors (Lipinski definition) is 5. The van der Waals surface area contributed by atoms with Gasteiger partial charge in [-0.3, -0.25) is 14.4 Å². The van der Waals surface area contributed by atoms with Crippen LogP contribution in [0.4, 0.5) is 5.69 Å². The molecular weight excluding hydrogens is 548 g/mol. The zero-order valence-electron chi connectivity index (χ0n) is 25.3. The van der Waals surface area contributed by atoms with Gasteiger partial charge in [0.25, 0.3) is 5.91 Å². The molecule has 9 nitrogen and oxygen atoms in total. The van der Waals surface area contributed by atoms with Crippen LogP contribution < -0.4 is 10.6 Å². The predicted octanol–water partition coefficient (Wildman–Crippen LogP) is 4.38. The number of aliphatic hydroxyl groups is 3. The van der Waals surface area contributed by atoms with Crippen LogP contribution in [-0.4, -0.2) is 57.6 Å². The Morgan fingerprint density at radius 2 is 1.77 bits per heavy atom. The minimum atomic E-state index is -2.63. The van der Waals surface area contributed by atoms with Gasteiger partial charge in [0.05, 0.1) is 5.56 Å². The number of primary amides is 1. The molecule has 1 amide bonds. The van der Waals surface area contributed by atoms with Crippen molar-refractivity contribution in [2.24, 2.45) is 29.4 Å². The molecule has 0 spiro atoms. The first-order chi connectivity index (χ1) is 20.2. The maximum Gasteiger partial charge on any atom is 0.255 e. The monoisotopic (exact) mass is 588 g/mol. The number of unbranched alkanes of at least 4 members (excludes halogenated alkanes) is 1. The minimum Gasteiger partial charge on any atom is -0.508 e. The van der Waals surface area contributed by atoms with Crippen molar-refractivity contribution in [1.82, 2.24) is 0 Å². The van der Waals surface area contributed by atoms with Crippen molar-refractivity contribution < 1.29 is 34.8 Å². The summed E-state index contributed by atoms with van der Waals surface area (Å²) in [4.78, 5) is 41.6. The van der Waals surface area contributed by atoms with Crippen LogP contribution in [0.25, 0.3) is 16.9 Å². The molecule has 0 radical (unpaired) electrons. The van der Waals surface area contributed by atoms with Crippen molar-refractivity contribution in [3.05, 3.63) is 63.9 Å². The summed E-state index contributed by atoms with van der Waals surface area (Å²) in [6, 6.07) is 9.72. The van der Waals surface area contributed by atoms with Gasteiger partial charge in [0.1, 0.15) is 22.8 Å². The quantitative estimate of drug-likeness (QED) is 0.298. The standard InChI is InChI=1S/C34H40N2O7/c1-6-7-8-17-9-11-18(12-10-17)20-15-23(36(4)5)21-13-19-14-22-24(16(2)3)29(38)27(33(35)42)32(41)34(22,43)31(40)25(19)30(39)26(21)28(20)37/h9-12,15-16,19,22,24,37,39,41,43H,6-8,13-14H2,1-5H3,(H2,35,42)/t19-,22-,24-,34-/m0/s1. The molecule has 0 aliphatic heterocycles.